The molecule has 2 rings (SSSR count). The molecule has 1 aliphatic rings. The predicted octanol–water partition coefficient (Wildman–Crippen LogP) is 3.62. The Morgan fingerprint density at radius 2 is 2.07 bits per heavy atom. The maximum Gasteiger partial charge on any atom is 0.124 e. The van der Waals surface area contributed by atoms with E-state index in [0.29, 0.717) is 6.04 Å². The molecule has 3 heteroatoms. The molecule has 0 atom stereocenters. The Bertz CT molecular complexity index is 334. The molecule has 1 aliphatic carbocycles. The van der Waals surface area contributed by atoms with E-state index >= 15 is 0 Å². The van der Waals surface area contributed by atoms with Gasteiger partial charge in [-0.2, -0.15) is 0 Å². The van der Waals surface area contributed by atoms with Gasteiger partial charge in [-0.25, -0.2) is 4.39 Å². The van der Waals surface area contributed by atoms with E-state index in [0.717, 1.165) is 16.6 Å². The smallest absolute Gasteiger partial charge is 0.124 e. The van der Waals surface area contributed by atoms with Crippen molar-refractivity contribution in [1.29, 1.82) is 0 Å². The molecule has 1 aromatic carbocycles. The lowest BCUT2D eigenvalue weighted by Crippen LogP contribution is -2.25. The molecular weight excluding hydrogens is 257 g/mol. The number of rotatable bonds is 3. The molecule has 1 fully saturated rings. The summed E-state index contributed by atoms with van der Waals surface area (Å²) in [5.41, 5.74) is 1.13. The SMILES string of the molecule is Fc1ccc(CNC2CCCC2)c(Br)c1. The van der Waals surface area contributed by atoms with E-state index in [-0.39, 0.29) is 5.82 Å². The maximum atomic E-state index is 12.8. The molecule has 0 aliphatic heterocycles. The number of halogens is 2. The highest BCUT2D eigenvalue weighted by Gasteiger charge is 2.14. The first kappa shape index (κ1) is 11.1. The molecule has 0 aromatic heterocycles. The zero-order chi connectivity index (χ0) is 10.7. The maximum absolute atomic E-state index is 12.8. The van der Waals surface area contributed by atoms with Gasteiger partial charge in [-0.1, -0.05) is 34.8 Å². The van der Waals surface area contributed by atoms with E-state index in [9.17, 15) is 4.39 Å². The van der Waals surface area contributed by atoms with Gasteiger partial charge in [-0.05, 0) is 30.5 Å². The van der Waals surface area contributed by atoms with Gasteiger partial charge in [0, 0.05) is 17.1 Å². The van der Waals surface area contributed by atoms with Crippen LogP contribution in [-0.2, 0) is 6.54 Å². The number of hydrogen-bond donors (Lipinski definition) is 1. The van der Waals surface area contributed by atoms with Crippen LogP contribution >= 0.6 is 15.9 Å². The second-order valence-corrected chi connectivity index (χ2v) is 4.95. The highest BCUT2D eigenvalue weighted by atomic mass is 79.9. The van der Waals surface area contributed by atoms with Crippen LogP contribution < -0.4 is 5.32 Å². The van der Waals surface area contributed by atoms with Crippen molar-refractivity contribution in [2.75, 3.05) is 0 Å². The molecule has 0 radical (unpaired) electrons. The van der Waals surface area contributed by atoms with Crippen LogP contribution in [0.5, 0.6) is 0 Å². The van der Waals surface area contributed by atoms with Crippen LogP contribution in [0.25, 0.3) is 0 Å². The minimum absolute atomic E-state index is 0.188. The summed E-state index contributed by atoms with van der Waals surface area (Å²) in [6.07, 6.45) is 5.22. The molecular formula is C12H15BrFN. The average molecular weight is 272 g/mol. The van der Waals surface area contributed by atoms with Crippen molar-refractivity contribution >= 4 is 15.9 Å². The average Bonchev–Trinajstić information content (AvgIpc) is 2.69. The number of nitrogens with one attached hydrogen (secondary N) is 1. The minimum atomic E-state index is -0.188. The van der Waals surface area contributed by atoms with E-state index < -0.39 is 0 Å². The van der Waals surface area contributed by atoms with Crippen molar-refractivity contribution < 1.29 is 4.39 Å². The number of benzene rings is 1. The molecule has 0 bridgehead atoms. The van der Waals surface area contributed by atoms with Crippen LogP contribution in [0.1, 0.15) is 31.2 Å². The van der Waals surface area contributed by atoms with Gasteiger partial charge in [0.25, 0.3) is 0 Å². The van der Waals surface area contributed by atoms with Gasteiger partial charge >= 0.3 is 0 Å². The second-order valence-electron chi connectivity index (χ2n) is 4.10. The Balaban J connectivity index is 1.92. The zero-order valence-corrected chi connectivity index (χ0v) is 10.2. The number of hydrogen-bond acceptors (Lipinski definition) is 1. The van der Waals surface area contributed by atoms with E-state index in [1.807, 2.05) is 6.07 Å². The van der Waals surface area contributed by atoms with Crippen molar-refractivity contribution in [3.63, 3.8) is 0 Å². The third kappa shape index (κ3) is 3.02. The molecule has 1 nitrogen and oxygen atoms in total. The van der Waals surface area contributed by atoms with Crippen molar-refractivity contribution in [2.24, 2.45) is 0 Å². The van der Waals surface area contributed by atoms with Gasteiger partial charge in [0.05, 0.1) is 0 Å². The summed E-state index contributed by atoms with van der Waals surface area (Å²) < 4.78 is 13.7. The fourth-order valence-corrected chi connectivity index (χ4v) is 2.54. The van der Waals surface area contributed by atoms with Crippen LogP contribution in [0, 0.1) is 5.82 Å². The molecule has 1 N–H and O–H groups in total. The van der Waals surface area contributed by atoms with Crippen molar-refractivity contribution in [3.05, 3.63) is 34.1 Å². The first-order valence-corrected chi connectivity index (χ1v) is 6.22. The topological polar surface area (TPSA) is 12.0 Å². The summed E-state index contributed by atoms with van der Waals surface area (Å²) in [6, 6.07) is 5.52. The summed E-state index contributed by atoms with van der Waals surface area (Å²) >= 11 is 3.38. The van der Waals surface area contributed by atoms with Crippen LogP contribution in [0.2, 0.25) is 0 Å². The van der Waals surface area contributed by atoms with Gasteiger partial charge in [0.2, 0.25) is 0 Å². The van der Waals surface area contributed by atoms with Crippen molar-refractivity contribution in [1.82, 2.24) is 5.32 Å². The standard InChI is InChI=1S/C12H15BrFN/c13-12-7-10(14)6-5-9(12)8-15-11-3-1-2-4-11/h5-7,11,15H,1-4,8H2. The van der Waals surface area contributed by atoms with Gasteiger partial charge in [-0.3, -0.25) is 0 Å². The molecule has 0 heterocycles. The summed E-state index contributed by atoms with van der Waals surface area (Å²) in [5.74, 6) is -0.188. The van der Waals surface area contributed by atoms with Crippen LogP contribution in [0.4, 0.5) is 4.39 Å². The van der Waals surface area contributed by atoms with Gasteiger partial charge < -0.3 is 5.32 Å². The van der Waals surface area contributed by atoms with Crippen LogP contribution in [0.3, 0.4) is 0 Å². The van der Waals surface area contributed by atoms with E-state index in [2.05, 4.69) is 21.2 Å². The molecule has 0 unspecified atom stereocenters. The lowest BCUT2D eigenvalue weighted by atomic mass is 10.2. The molecule has 1 aromatic rings. The largest absolute Gasteiger partial charge is 0.310 e. The molecule has 15 heavy (non-hydrogen) atoms. The monoisotopic (exact) mass is 271 g/mol. The van der Waals surface area contributed by atoms with Crippen molar-refractivity contribution in [2.45, 2.75) is 38.3 Å². The lowest BCUT2D eigenvalue weighted by molar-refractivity contribution is 0.523. The minimum Gasteiger partial charge on any atom is -0.310 e. The third-order valence-corrected chi connectivity index (χ3v) is 3.69. The second kappa shape index (κ2) is 5.08. The highest BCUT2D eigenvalue weighted by molar-refractivity contribution is 9.10. The van der Waals surface area contributed by atoms with Gasteiger partial charge in [-0.15, -0.1) is 0 Å². The highest BCUT2D eigenvalue weighted by Crippen LogP contribution is 2.21. The van der Waals surface area contributed by atoms with E-state index in [1.165, 1.54) is 37.8 Å². The quantitative estimate of drug-likeness (QED) is 0.886. The van der Waals surface area contributed by atoms with E-state index in [1.54, 1.807) is 0 Å². The molecule has 0 saturated heterocycles. The molecule has 82 valence electrons. The summed E-state index contributed by atoms with van der Waals surface area (Å²) in [5, 5.41) is 3.51. The van der Waals surface area contributed by atoms with E-state index in [4.69, 9.17) is 0 Å². The summed E-state index contributed by atoms with van der Waals surface area (Å²) in [4.78, 5) is 0. The Morgan fingerprint density at radius 3 is 2.73 bits per heavy atom. The van der Waals surface area contributed by atoms with Crippen molar-refractivity contribution in [3.8, 4) is 0 Å². The van der Waals surface area contributed by atoms with Crippen LogP contribution in [-0.4, -0.2) is 6.04 Å². The van der Waals surface area contributed by atoms with Crippen LogP contribution in [0.15, 0.2) is 22.7 Å². The Kier molecular flexibility index (Phi) is 3.76. The Hall–Kier alpha value is -0.410. The molecule has 0 amide bonds. The first-order valence-electron chi connectivity index (χ1n) is 5.43. The van der Waals surface area contributed by atoms with Gasteiger partial charge in [0.15, 0.2) is 0 Å². The Labute approximate surface area is 98.2 Å². The lowest BCUT2D eigenvalue weighted by Gasteiger charge is -2.12. The zero-order valence-electron chi connectivity index (χ0n) is 8.60. The Morgan fingerprint density at radius 1 is 1.33 bits per heavy atom. The fourth-order valence-electron chi connectivity index (χ4n) is 2.05. The third-order valence-electron chi connectivity index (χ3n) is 2.95. The van der Waals surface area contributed by atoms with Gasteiger partial charge in [0.1, 0.15) is 5.82 Å². The normalized spacial score (nSPS) is 17.2. The summed E-state index contributed by atoms with van der Waals surface area (Å²) in [7, 11) is 0. The fraction of sp³-hybridized carbons (Fsp3) is 0.500. The summed E-state index contributed by atoms with van der Waals surface area (Å²) in [6.45, 7) is 0.825. The molecule has 1 saturated carbocycles. The molecule has 0 spiro atoms. The first-order chi connectivity index (χ1) is 7.25. The predicted molar refractivity (Wildman–Crippen MR) is 63.2 cm³/mol.